The van der Waals surface area contributed by atoms with Gasteiger partial charge in [-0.15, -0.1) is 10.2 Å². The van der Waals surface area contributed by atoms with E-state index in [-0.39, 0.29) is 11.7 Å². The number of aromatic nitrogens is 3. The van der Waals surface area contributed by atoms with Gasteiger partial charge in [0.1, 0.15) is 11.9 Å². The maximum atomic E-state index is 11.9. The van der Waals surface area contributed by atoms with Crippen LogP contribution in [0.15, 0.2) is 5.16 Å². The second kappa shape index (κ2) is 6.25. The highest BCUT2D eigenvalue weighted by molar-refractivity contribution is 7.99. The fourth-order valence-electron chi connectivity index (χ4n) is 1.87. The predicted octanol–water partition coefficient (Wildman–Crippen LogP) is 1.46. The number of esters is 1. The first kappa shape index (κ1) is 14.8. The number of hydrogen-bond acceptors (Lipinski definition) is 6. The van der Waals surface area contributed by atoms with Gasteiger partial charge in [0.25, 0.3) is 0 Å². The van der Waals surface area contributed by atoms with Gasteiger partial charge in [-0.2, -0.15) is 0 Å². The normalized spacial score (nSPS) is 15.9. The van der Waals surface area contributed by atoms with Gasteiger partial charge in [0, 0.05) is 5.92 Å². The zero-order valence-electron chi connectivity index (χ0n) is 11.4. The lowest BCUT2D eigenvalue weighted by Crippen LogP contribution is -2.21. The monoisotopic (exact) mass is 299 g/mol. The van der Waals surface area contributed by atoms with Crippen LogP contribution in [0.3, 0.4) is 0 Å². The summed E-state index contributed by atoms with van der Waals surface area (Å²) in [6, 6.07) is -0.545. The molecule has 2 rings (SSSR count). The minimum absolute atomic E-state index is 0.113. The second-order valence-electron chi connectivity index (χ2n) is 4.60. The number of rotatable bonds is 7. The Hall–Kier alpha value is -1.57. The van der Waals surface area contributed by atoms with Crippen molar-refractivity contribution in [2.45, 2.75) is 43.8 Å². The molecule has 0 saturated heterocycles. The Morgan fingerprint density at radius 1 is 1.50 bits per heavy atom. The second-order valence-corrected chi connectivity index (χ2v) is 5.54. The van der Waals surface area contributed by atoms with Crippen LogP contribution in [0.5, 0.6) is 0 Å². The van der Waals surface area contributed by atoms with Gasteiger partial charge < -0.3 is 9.84 Å². The minimum Gasteiger partial charge on any atom is -0.481 e. The summed E-state index contributed by atoms with van der Waals surface area (Å²) in [7, 11) is 0. The van der Waals surface area contributed by atoms with Gasteiger partial charge in [-0.3, -0.25) is 9.36 Å². The van der Waals surface area contributed by atoms with E-state index >= 15 is 0 Å². The third kappa shape index (κ3) is 3.30. The first-order valence-electron chi connectivity index (χ1n) is 6.50. The topological polar surface area (TPSA) is 94.3 Å². The molecule has 1 fully saturated rings. The van der Waals surface area contributed by atoms with Gasteiger partial charge in [-0.05, 0) is 26.7 Å². The summed E-state index contributed by atoms with van der Waals surface area (Å²) in [5.74, 6) is -0.331. The lowest BCUT2D eigenvalue weighted by atomic mass is 10.3. The summed E-state index contributed by atoms with van der Waals surface area (Å²) < 4.78 is 6.73. The number of aliphatic carboxylic acids is 1. The van der Waals surface area contributed by atoms with Gasteiger partial charge in [0.05, 0.1) is 12.4 Å². The molecule has 1 aromatic rings. The van der Waals surface area contributed by atoms with E-state index in [4.69, 9.17) is 9.84 Å². The Kier molecular flexibility index (Phi) is 4.64. The van der Waals surface area contributed by atoms with Gasteiger partial charge in [0.2, 0.25) is 0 Å². The molecule has 1 atom stereocenters. The number of ether oxygens (including phenoxy) is 1. The van der Waals surface area contributed by atoms with E-state index < -0.39 is 12.0 Å². The van der Waals surface area contributed by atoms with Crippen molar-refractivity contribution in [3.05, 3.63) is 5.82 Å². The quantitative estimate of drug-likeness (QED) is 0.601. The van der Waals surface area contributed by atoms with Crippen molar-refractivity contribution >= 4 is 23.7 Å². The molecule has 1 heterocycles. The van der Waals surface area contributed by atoms with Gasteiger partial charge in [0.15, 0.2) is 5.16 Å². The SMILES string of the molecule is CCOC(=O)C(C)n1c(SCC(=O)O)nnc1C1CC1. The molecule has 0 bridgehead atoms. The van der Waals surface area contributed by atoms with Crippen molar-refractivity contribution in [3.8, 4) is 0 Å². The zero-order valence-corrected chi connectivity index (χ0v) is 12.2. The molecule has 1 aliphatic rings. The van der Waals surface area contributed by atoms with Crippen LogP contribution >= 0.6 is 11.8 Å². The standard InChI is InChI=1S/C12H17N3O4S/c1-3-19-11(18)7(2)15-10(8-4-5-8)13-14-12(15)20-6-9(16)17/h7-8H,3-6H2,1-2H3,(H,16,17). The Labute approximate surface area is 120 Å². The van der Waals surface area contributed by atoms with Gasteiger partial charge >= 0.3 is 11.9 Å². The Morgan fingerprint density at radius 3 is 2.75 bits per heavy atom. The summed E-state index contributed by atoms with van der Waals surface area (Å²) in [5.41, 5.74) is 0. The lowest BCUT2D eigenvalue weighted by molar-refractivity contribution is -0.146. The smallest absolute Gasteiger partial charge is 0.328 e. The molecule has 1 N–H and O–H groups in total. The summed E-state index contributed by atoms with van der Waals surface area (Å²) in [4.78, 5) is 22.6. The van der Waals surface area contributed by atoms with E-state index in [0.717, 1.165) is 30.4 Å². The van der Waals surface area contributed by atoms with Crippen molar-refractivity contribution in [1.82, 2.24) is 14.8 Å². The van der Waals surface area contributed by atoms with Crippen LogP contribution in [-0.2, 0) is 14.3 Å². The van der Waals surface area contributed by atoms with E-state index in [2.05, 4.69) is 10.2 Å². The summed E-state index contributed by atoms with van der Waals surface area (Å²) in [6.07, 6.45) is 2.05. The molecule has 7 nitrogen and oxygen atoms in total. The number of carboxylic acids is 1. The molecule has 0 radical (unpaired) electrons. The number of nitrogens with zero attached hydrogens (tertiary/aromatic N) is 3. The van der Waals surface area contributed by atoms with E-state index in [1.165, 1.54) is 0 Å². The van der Waals surface area contributed by atoms with Crippen molar-refractivity contribution < 1.29 is 19.4 Å². The van der Waals surface area contributed by atoms with Crippen LogP contribution in [0.25, 0.3) is 0 Å². The Morgan fingerprint density at radius 2 is 2.20 bits per heavy atom. The fraction of sp³-hybridized carbons (Fsp3) is 0.667. The average molecular weight is 299 g/mol. The summed E-state index contributed by atoms with van der Waals surface area (Å²) >= 11 is 1.07. The van der Waals surface area contributed by atoms with E-state index in [0.29, 0.717) is 17.7 Å². The van der Waals surface area contributed by atoms with Crippen LogP contribution in [0.1, 0.15) is 44.5 Å². The van der Waals surface area contributed by atoms with Crippen LogP contribution in [0, 0.1) is 0 Å². The van der Waals surface area contributed by atoms with Crippen molar-refractivity contribution in [3.63, 3.8) is 0 Å². The minimum atomic E-state index is -0.929. The van der Waals surface area contributed by atoms with Crippen LogP contribution in [0.4, 0.5) is 0 Å². The third-order valence-corrected chi connectivity index (χ3v) is 3.90. The molecule has 110 valence electrons. The van der Waals surface area contributed by atoms with E-state index in [9.17, 15) is 9.59 Å². The zero-order chi connectivity index (χ0) is 14.7. The number of thioether (sulfide) groups is 1. The van der Waals surface area contributed by atoms with Crippen LogP contribution in [0.2, 0.25) is 0 Å². The largest absolute Gasteiger partial charge is 0.481 e. The highest BCUT2D eigenvalue weighted by atomic mass is 32.2. The number of carbonyl (C=O) groups excluding carboxylic acids is 1. The molecule has 1 saturated carbocycles. The molecule has 0 aromatic carbocycles. The predicted molar refractivity (Wildman–Crippen MR) is 71.7 cm³/mol. The number of carbonyl (C=O) groups is 2. The molecule has 1 unspecified atom stereocenters. The van der Waals surface area contributed by atoms with Crippen molar-refractivity contribution in [2.24, 2.45) is 0 Å². The summed E-state index contributed by atoms with van der Waals surface area (Å²) in [5, 5.41) is 17.3. The van der Waals surface area contributed by atoms with Crippen LogP contribution in [-0.4, -0.2) is 44.2 Å². The molecule has 20 heavy (non-hydrogen) atoms. The highest BCUT2D eigenvalue weighted by Gasteiger charge is 2.34. The van der Waals surface area contributed by atoms with Crippen LogP contribution < -0.4 is 0 Å². The van der Waals surface area contributed by atoms with E-state index in [1.54, 1.807) is 18.4 Å². The Balaban J connectivity index is 2.24. The molecule has 1 aromatic heterocycles. The third-order valence-electron chi connectivity index (χ3n) is 2.97. The molecular weight excluding hydrogens is 282 g/mol. The molecule has 0 aliphatic heterocycles. The first-order valence-corrected chi connectivity index (χ1v) is 7.49. The first-order chi connectivity index (χ1) is 9.54. The van der Waals surface area contributed by atoms with Crippen molar-refractivity contribution in [2.75, 3.05) is 12.4 Å². The highest BCUT2D eigenvalue weighted by Crippen LogP contribution is 2.41. The lowest BCUT2D eigenvalue weighted by Gasteiger charge is -2.16. The molecule has 0 amide bonds. The summed E-state index contributed by atoms with van der Waals surface area (Å²) in [6.45, 7) is 3.78. The maximum Gasteiger partial charge on any atom is 0.328 e. The molecular formula is C12H17N3O4S. The number of hydrogen-bond donors (Lipinski definition) is 1. The maximum absolute atomic E-state index is 11.9. The molecule has 1 aliphatic carbocycles. The Bertz CT molecular complexity index is 513. The fourth-order valence-corrected chi connectivity index (χ4v) is 2.61. The van der Waals surface area contributed by atoms with Crippen molar-refractivity contribution in [1.29, 1.82) is 0 Å². The average Bonchev–Trinajstić information content (AvgIpc) is 3.16. The molecule has 8 heteroatoms. The number of carboxylic acid groups (broad SMARTS) is 1. The van der Waals surface area contributed by atoms with Gasteiger partial charge in [-0.1, -0.05) is 11.8 Å². The molecule has 0 spiro atoms. The van der Waals surface area contributed by atoms with Gasteiger partial charge in [-0.25, -0.2) is 4.79 Å². The van der Waals surface area contributed by atoms with E-state index in [1.807, 2.05) is 0 Å².